The molecular weight excluding hydrogens is 374 g/mol. The van der Waals surface area contributed by atoms with Gasteiger partial charge in [-0.3, -0.25) is 24.6 Å². The summed E-state index contributed by atoms with van der Waals surface area (Å²) in [5.41, 5.74) is -0.238. The number of fused-ring (bicyclic) bond motifs is 1. The fourth-order valence-electron chi connectivity index (χ4n) is 4.56. The number of carboxylic acid groups (broad SMARTS) is 1. The van der Waals surface area contributed by atoms with Gasteiger partial charge in [0.15, 0.2) is 5.54 Å². The van der Waals surface area contributed by atoms with Crippen molar-refractivity contribution >= 4 is 23.5 Å². The van der Waals surface area contributed by atoms with Crippen LogP contribution in [0.2, 0.25) is 0 Å². The number of carbonyl (C=O) groups excluding carboxylic acids is 2. The van der Waals surface area contributed by atoms with E-state index in [1.807, 2.05) is 50.2 Å². The van der Waals surface area contributed by atoms with Gasteiger partial charge in [-0.25, -0.2) is 0 Å². The zero-order valence-electron chi connectivity index (χ0n) is 17.3. The van der Waals surface area contributed by atoms with Gasteiger partial charge in [0.05, 0.1) is 17.9 Å². The second-order valence-corrected chi connectivity index (χ2v) is 8.14. The molecule has 3 N–H and O–H groups in total. The Morgan fingerprint density at radius 1 is 1.24 bits per heavy atom. The molecule has 1 aromatic rings. The lowest BCUT2D eigenvalue weighted by Crippen LogP contribution is -2.62. The predicted molar refractivity (Wildman–Crippen MR) is 107 cm³/mol. The Balaban J connectivity index is 2.08. The maximum absolute atomic E-state index is 13.2. The number of nitrogens with one attached hydrogen (secondary N) is 1. The van der Waals surface area contributed by atoms with Crippen LogP contribution in [0.15, 0.2) is 24.3 Å². The molecule has 2 saturated heterocycles. The van der Waals surface area contributed by atoms with E-state index in [2.05, 4.69) is 5.32 Å². The topological polar surface area (TPSA) is 110 Å². The lowest BCUT2D eigenvalue weighted by atomic mass is 9.76. The number of carbonyl (C=O) groups is 3. The average Bonchev–Trinajstić information content (AvgIpc) is 3.16. The van der Waals surface area contributed by atoms with Gasteiger partial charge in [-0.1, -0.05) is 25.5 Å². The summed E-state index contributed by atoms with van der Waals surface area (Å²) in [5.74, 6) is -4.23. The Morgan fingerprint density at radius 2 is 1.86 bits per heavy atom. The van der Waals surface area contributed by atoms with E-state index in [1.54, 1.807) is 0 Å². The second kappa shape index (κ2) is 7.76. The summed E-state index contributed by atoms with van der Waals surface area (Å²) in [7, 11) is 3.82. The molecule has 5 atom stereocenters. The largest absolute Gasteiger partial charge is 0.480 e. The molecule has 2 aliphatic rings. The van der Waals surface area contributed by atoms with Gasteiger partial charge in [-0.2, -0.15) is 0 Å². The fraction of sp³-hybridized carbons (Fsp3) is 0.571. The Bertz CT molecular complexity index is 807. The number of likely N-dealkylation sites (tertiary alicyclic amines) is 1. The van der Waals surface area contributed by atoms with Crippen molar-refractivity contribution in [3.63, 3.8) is 0 Å². The average molecular weight is 403 g/mol. The third kappa shape index (κ3) is 3.20. The van der Waals surface area contributed by atoms with Crippen molar-refractivity contribution in [1.82, 2.24) is 10.2 Å². The van der Waals surface area contributed by atoms with E-state index in [0.717, 1.165) is 12.1 Å². The van der Waals surface area contributed by atoms with Gasteiger partial charge in [-0.05, 0) is 31.0 Å². The number of aliphatic hydroxyl groups is 1. The number of imide groups is 1. The number of unbranched alkanes of at least 4 members (excludes halogenated alkanes) is 1. The quantitative estimate of drug-likeness (QED) is 0.583. The Labute approximate surface area is 170 Å². The third-order valence-corrected chi connectivity index (χ3v) is 6.20. The van der Waals surface area contributed by atoms with Crippen LogP contribution in [0.1, 0.15) is 38.3 Å². The third-order valence-electron chi connectivity index (χ3n) is 6.20. The first-order chi connectivity index (χ1) is 13.7. The highest BCUT2D eigenvalue weighted by atomic mass is 16.4. The summed E-state index contributed by atoms with van der Waals surface area (Å²) in [4.78, 5) is 41.7. The number of amides is 2. The van der Waals surface area contributed by atoms with E-state index in [1.165, 1.54) is 11.8 Å². The lowest BCUT2D eigenvalue weighted by molar-refractivity contribution is -0.156. The molecule has 2 fully saturated rings. The molecule has 2 aliphatic heterocycles. The van der Waals surface area contributed by atoms with Crippen LogP contribution in [-0.4, -0.2) is 65.2 Å². The maximum Gasteiger partial charge on any atom is 0.327 e. The van der Waals surface area contributed by atoms with E-state index in [0.29, 0.717) is 12.0 Å². The lowest BCUT2D eigenvalue weighted by Gasteiger charge is -2.33. The summed E-state index contributed by atoms with van der Waals surface area (Å²) < 4.78 is 0. The maximum atomic E-state index is 13.2. The second-order valence-electron chi connectivity index (χ2n) is 8.14. The molecular formula is C21H29N3O5. The first-order valence-electron chi connectivity index (χ1n) is 9.98. The van der Waals surface area contributed by atoms with Crippen LogP contribution in [0, 0.1) is 11.8 Å². The Kier molecular flexibility index (Phi) is 5.69. The Morgan fingerprint density at radius 3 is 2.34 bits per heavy atom. The molecule has 2 amide bonds. The number of aliphatic carboxylic acids is 1. The smallest absolute Gasteiger partial charge is 0.327 e. The molecule has 0 aliphatic carbocycles. The summed E-state index contributed by atoms with van der Waals surface area (Å²) >= 11 is 0. The van der Waals surface area contributed by atoms with Crippen LogP contribution in [0.25, 0.3) is 0 Å². The van der Waals surface area contributed by atoms with Crippen LogP contribution in [-0.2, 0) is 14.4 Å². The number of hydrogen-bond donors (Lipinski definition) is 3. The van der Waals surface area contributed by atoms with Gasteiger partial charge in [0, 0.05) is 32.4 Å². The summed E-state index contributed by atoms with van der Waals surface area (Å²) in [5, 5.41) is 23.4. The van der Waals surface area contributed by atoms with Crippen LogP contribution < -0.4 is 10.2 Å². The van der Waals surface area contributed by atoms with Crippen molar-refractivity contribution in [3.05, 3.63) is 29.8 Å². The molecule has 1 aromatic carbocycles. The van der Waals surface area contributed by atoms with Gasteiger partial charge >= 0.3 is 5.97 Å². The van der Waals surface area contributed by atoms with Crippen molar-refractivity contribution in [3.8, 4) is 0 Å². The number of anilines is 1. The first-order valence-corrected chi connectivity index (χ1v) is 9.98. The SMILES string of the molecule is CCCCN1C(=O)C2C(c3ccc(N(C)C)cc3)NC(C(=O)O)(C(C)O)C2C1=O. The molecule has 158 valence electrons. The molecule has 3 rings (SSSR count). The van der Waals surface area contributed by atoms with Crippen molar-refractivity contribution < 1.29 is 24.6 Å². The normalized spacial score (nSPS) is 29.8. The summed E-state index contributed by atoms with van der Waals surface area (Å²) in [6.07, 6.45) is 0.100. The Hall–Kier alpha value is -2.45. The molecule has 29 heavy (non-hydrogen) atoms. The minimum absolute atomic E-state index is 0.267. The number of benzene rings is 1. The van der Waals surface area contributed by atoms with Crippen LogP contribution in [0.4, 0.5) is 5.69 Å². The van der Waals surface area contributed by atoms with E-state index < -0.39 is 41.4 Å². The number of hydrogen-bond acceptors (Lipinski definition) is 6. The molecule has 0 radical (unpaired) electrons. The highest BCUT2D eigenvalue weighted by Gasteiger charge is 2.70. The number of nitrogens with zero attached hydrogens (tertiary/aromatic N) is 2. The monoisotopic (exact) mass is 403 g/mol. The van der Waals surface area contributed by atoms with E-state index in [4.69, 9.17) is 0 Å². The van der Waals surface area contributed by atoms with Crippen molar-refractivity contribution in [2.75, 3.05) is 25.5 Å². The van der Waals surface area contributed by atoms with E-state index in [-0.39, 0.29) is 12.5 Å². The fourth-order valence-corrected chi connectivity index (χ4v) is 4.56. The molecule has 8 heteroatoms. The van der Waals surface area contributed by atoms with E-state index in [9.17, 15) is 24.6 Å². The number of aliphatic hydroxyl groups excluding tert-OH is 1. The number of rotatable bonds is 7. The summed E-state index contributed by atoms with van der Waals surface area (Å²) in [6.45, 7) is 3.57. The van der Waals surface area contributed by atoms with Crippen molar-refractivity contribution in [2.24, 2.45) is 11.8 Å². The molecule has 0 saturated carbocycles. The predicted octanol–water partition coefficient (Wildman–Crippen LogP) is 1.00. The van der Waals surface area contributed by atoms with Crippen LogP contribution >= 0.6 is 0 Å². The highest BCUT2D eigenvalue weighted by Crippen LogP contribution is 2.50. The molecule has 0 bridgehead atoms. The van der Waals surface area contributed by atoms with Gasteiger partial charge in [0.25, 0.3) is 0 Å². The molecule has 0 aromatic heterocycles. The first kappa shape index (κ1) is 21.3. The molecule has 8 nitrogen and oxygen atoms in total. The minimum Gasteiger partial charge on any atom is -0.480 e. The zero-order valence-corrected chi connectivity index (χ0v) is 17.3. The van der Waals surface area contributed by atoms with E-state index >= 15 is 0 Å². The summed E-state index contributed by atoms with van der Waals surface area (Å²) in [6, 6.07) is 6.74. The van der Waals surface area contributed by atoms with Gasteiger partial charge in [-0.15, -0.1) is 0 Å². The van der Waals surface area contributed by atoms with Gasteiger partial charge in [0.2, 0.25) is 11.8 Å². The van der Waals surface area contributed by atoms with Crippen molar-refractivity contribution in [2.45, 2.75) is 44.4 Å². The minimum atomic E-state index is -1.91. The molecule has 0 spiro atoms. The van der Waals surface area contributed by atoms with Crippen molar-refractivity contribution in [1.29, 1.82) is 0 Å². The van der Waals surface area contributed by atoms with Gasteiger partial charge in [0.1, 0.15) is 0 Å². The van der Waals surface area contributed by atoms with Crippen LogP contribution in [0.3, 0.4) is 0 Å². The number of carboxylic acids is 1. The standard InChI is InChI=1S/C21H29N3O5/c1-5-6-11-24-18(26)15-16(19(24)27)21(12(2)25,20(28)29)22-17(15)13-7-9-14(10-8-13)23(3)4/h7-10,12,15-17,22,25H,5-6,11H2,1-4H3,(H,28,29). The van der Waals surface area contributed by atoms with Gasteiger partial charge < -0.3 is 15.1 Å². The highest BCUT2D eigenvalue weighted by molar-refractivity contribution is 6.09. The molecule has 2 heterocycles. The zero-order chi connectivity index (χ0) is 21.5. The van der Waals surface area contributed by atoms with Crippen LogP contribution in [0.5, 0.6) is 0 Å². The molecule has 5 unspecified atom stereocenters.